The molecule has 1 heterocycles. The third kappa shape index (κ3) is 5.17. The highest BCUT2D eigenvalue weighted by Gasteiger charge is 2.15. The third-order valence-electron chi connectivity index (χ3n) is 3.46. The first kappa shape index (κ1) is 16.0. The summed E-state index contributed by atoms with van der Waals surface area (Å²) in [5.74, 6) is 2.07. The van der Waals surface area contributed by atoms with Crippen molar-refractivity contribution in [3.05, 3.63) is 47.6 Å². The van der Waals surface area contributed by atoms with Gasteiger partial charge in [-0.2, -0.15) is 16.7 Å². The van der Waals surface area contributed by atoms with E-state index in [1.54, 1.807) is 0 Å². The molecule has 0 aliphatic heterocycles. The first-order valence-electron chi connectivity index (χ1n) is 7.42. The van der Waals surface area contributed by atoms with Crippen LogP contribution in [0.2, 0.25) is 0 Å². The zero-order valence-electron chi connectivity index (χ0n) is 12.7. The number of benzene rings is 1. The summed E-state index contributed by atoms with van der Waals surface area (Å²) in [4.78, 5) is 4.41. The molecule has 0 radical (unpaired) electrons. The van der Waals surface area contributed by atoms with Crippen molar-refractivity contribution in [2.75, 3.05) is 0 Å². The van der Waals surface area contributed by atoms with Gasteiger partial charge in [-0.05, 0) is 24.8 Å². The number of nitrogens with two attached hydrogens (primary N) is 1. The molecule has 0 fully saturated rings. The number of hydrogen-bond acceptors (Lipinski definition) is 5. The second-order valence-corrected chi connectivity index (χ2v) is 6.64. The second-order valence-electron chi connectivity index (χ2n) is 5.21. The lowest BCUT2D eigenvalue weighted by atomic mass is 10.1. The van der Waals surface area contributed by atoms with Crippen LogP contribution in [0, 0.1) is 0 Å². The average Bonchev–Trinajstić information content (AvgIpc) is 3.00. The van der Waals surface area contributed by atoms with Crippen LogP contribution in [0.4, 0.5) is 0 Å². The summed E-state index contributed by atoms with van der Waals surface area (Å²) in [6.07, 6.45) is 2.87. The lowest BCUT2D eigenvalue weighted by Gasteiger charge is -2.06. The highest BCUT2D eigenvalue weighted by Crippen LogP contribution is 2.20. The van der Waals surface area contributed by atoms with E-state index in [0.717, 1.165) is 30.8 Å². The van der Waals surface area contributed by atoms with Gasteiger partial charge in [-0.15, -0.1) is 0 Å². The van der Waals surface area contributed by atoms with Crippen LogP contribution in [-0.2, 0) is 12.2 Å². The summed E-state index contributed by atoms with van der Waals surface area (Å²) in [7, 11) is 0. The van der Waals surface area contributed by atoms with Crippen LogP contribution < -0.4 is 5.73 Å². The minimum Gasteiger partial charge on any atom is -0.338 e. The van der Waals surface area contributed by atoms with Crippen LogP contribution in [0.25, 0.3) is 0 Å². The fourth-order valence-electron chi connectivity index (χ4n) is 1.90. The maximum absolute atomic E-state index is 6.14. The molecule has 0 amide bonds. The quantitative estimate of drug-likeness (QED) is 0.805. The molecule has 5 heteroatoms. The largest absolute Gasteiger partial charge is 0.338 e. The Balaban J connectivity index is 1.82. The Morgan fingerprint density at radius 3 is 2.76 bits per heavy atom. The van der Waals surface area contributed by atoms with E-state index >= 15 is 0 Å². The number of hydrogen-bond donors (Lipinski definition) is 1. The van der Waals surface area contributed by atoms with E-state index in [2.05, 4.69) is 36.1 Å². The summed E-state index contributed by atoms with van der Waals surface area (Å²) in [6, 6.07) is 10.1. The Morgan fingerprint density at radius 2 is 2.05 bits per heavy atom. The molecular weight excluding hydrogens is 282 g/mol. The second kappa shape index (κ2) is 8.20. The molecule has 0 spiro atoms. The third-order valence-corrected chi connectivity index (χ3v) is 4.79. The maximum Gasteiger partial charge on any atom is 0.243 e. The number of thioether (sulfide) groups is 1. The molecule has 2 aromatic rings. The highest BCUT2D eigenvalue weighted by molar-refractivity contribution is 7.99. The van der Waals surface area contributed by atoms with Gasteiger partial charge in [0, 0.05) is 5.25 Å². The molecule has 2 rings (SSSR count). The maximum atomic E-state index is 6.14. The molecule has 0 aliphatic rings. The van der Waals surface area contributed by atoms with Gasteiger partial charge in [-0.25, -0.2) is 0 Å². The molecule has 2 atom stereocenters. The van der Waals surface area contributed by atoms with E-state index in [0.29, 0.717) is 11.1 Å². The van der Waals surface area contributed by atoms with Gasteiger partial charge in [0.25, 0.3) is 0 Å². The van der Waals surface area contributed by atoms with Crippen molar-refractivity contribution < 1.29 is 4.52 Å². The van der Waals surface area contributed by atoms with E-state index in [9.17, 15) is 0 Å². The fraction of sp³-hybridized carbons (Fsp3) is 0.500. The Bertz CT molecular complexity index is 529. The molecule has 2 unspecified atom stereocenters. The van der Waals surface area contributed by atoms with Crippen molar-refractivity contribution in [2.24, 2.45) is 5.73 Å². The first-order chi connectivity index (χ1) is 10.2. The fourth-order valence-corrected chi connectivity index (χ4v) is 2.69. The zero-order valence-corrected chi connectivity index (χ0v) is 13.5. The van der Waals surface area contributed by atoms with Gasteiger partial charge in [0.05, 0.1) is 11.8 Å². The topological polar surface area (TPSA) is 64.9 Å². The van der Waals surface area contributed by atoms with E-state index < -0.39 is 0 Å². The first-order valence-corrected chi connectivity index (χ1v) is 8.47. The Kier molecular flexibility index (Phi) is 6.26. The Labute approximate surface area is 130 Å². The standard InChI is InChI=1S/C16H23N3OS/c1-3-12(2)21-11-15-18-16(20-19-15)14(17)10-9-13-7-5-4-6-8-13/h4-8,12,14H,3,9-11,17H2,1-2H3. The van der Waals surface area contributed by atoms with Crippen molar-refractivity contribution in [1.29, 1.82) is 0 Å². The van der Waals surface area contributed by atoms with Crippen LogP contribution >= 0.6 is 11.8 Å². The van der Waals surface area contributed by atoms with Gasteiger partial charge in [-0.1, -0.05) is 49.3 Å². The number of aromatic nitrogens is 2. The Hall–Kier alpha value is -1.33. The monoisotopic (exact) mass is 305 g/mol. The molecule has 2 N–H and O–H groups in total. The minimum absolute atomic E-state index is 0.194. The highest BCUT2D eigenvalue weighted by atomic mass is 32.2. The van der Waals surface area contributed by atoms with E-state index in [1.165, 1.54) is 5.56 Å². The van der Waals surface area contributed by atoms with Crippen LogP contribution in [0.1, 0.15) is 50.0 Å². The molecule has 1 aromatic carbocycles. The molecular formula is C16H23N3OS. The minimum atomic E-state index is -0.194. The van der Waals surface area contributed by atoms with Crippen LogP contribution in [0.15, 0.2) is 34.9 Å². The molecule has 21 heavy (non-hydrogen) atoms. The SMILES string of the molecule is CCC(C)SCc1noc(C(N)CCc2ccccc2)n1. The number of nitrogens with zero attached hydrogens (tertiary/aromatic N) is 2. The predicted molar refractivity (Wildman–Crippen MR) is 87.0 cm³/mol. The normalized spacial score (nSPS) is 14.0. The lowest BCUT2D eigenvalue weighted by Crippen LogP contribution is -2.12. The van der Waals surface area contributed by atoms with Gasteiger partial charge < -0.3 is 10.3 Å². The summed E-state index contributed by atoms with van der Waals surface area (Å²) in [6.45, 7) is 4.38. The van der Waals surface area contributed by atoms with Crippen LogP contribution in [-0.4, -0.2) is 15.4 Å². The van der Waals surface area contributed by atoms with Gasteiger partial charge in [-0.3, -0.25) is 0 Å². The molecule has 0 saturated carbocycles. The summed E-state index contributed by atoms with van der Waals surface area (Å²) < 4.78 is 5.28. The molecule has 0 saturated heterocycles. The Morgan fingerprint density at radius 1 is 1.29 bits per heavy atom. The van der Waals surface area contributed by atoms with Gasteiger partial charge in [0.2, 0.25) is 5.89 Å². The molecule has 4 nitrogen and oxygen atoms in total. The predicted octanol–water partition coefficient (Wildman–Crippen LogP) is 3.73. The van der Waals surface area contributed by atoms with Crippen molar-refractivity contribution in [1.82, 2.24) is 10.1 Å². The van der Waals surface area contributed by atoms with E-state index in [4.69, 9.17) is 10.3 Å². The van der Waals surface area contributed by atoms with Gasteiger partial charge in [0.1, 0.15) is 0 Å². The smallest absolute Gasteiger partial charge is 0.243 e. The molecule has 1 aromatic heterocycles. The van der Waals surface area contributed by atoms with E-state index in [-0.39, 0.29) is 6.04 Å². The van der Waals surface area contributed by atoms with Gasteiger partial charge in [0.15, 0.2) is 5.82 Å². The molecule has 0 bridgehead atoms. The summed E-state index contributed by atoms with van der Waals surface area (Å²) in [5.41, 5.74) is 7.41. The lowest BCUT2D eigenvalue weighted by molar-refractivity contribution is 0.346. The average molecular weight is 305 g/mol. The van der Waals surface area contributed by atoms with Gasteiger partial charge >= 0.3 is 0 Å². The van der Waals surface area contributed by atoms with Crippen molar-refractivity contribution in [3.63, 3.8) is 0 Å². The van der Waals surface area contributed by atoms with Crippen molar-refractivity contribution >= 4 is 11.8 Å². The summed E-state index contributed by atoms with van der Waals surface area (Å²) in [5, 5.41) is 4.62. The molecule has 0 aliphatic carbocycles. The van der Waals surface area contributed by atoms with Crippen LogP contribution in [0.5, 0.6) is 0 Å². The van der Waals surface area contributed by atoms with E-state index in [1.807, 2.05) is 30.0 Å². The van der Waals surface area contributed by atoms with Crippen molar-refractivity contribution in [2.45, 2.75) is 50.2 Å². The molecule has 114 valence electrons. The number of aryl methyl sites for hydroxylation is 1. The van der Waals surface area contributed by atoms with Crippen LogP contribution in [0.3, 0.4) is 0 Å². The summed E-state index contributed by atoms with van der Waals surface area (Å²) >= 11 is 1.84. The number of rotatable bonds is 8. The zero-order chi connectivity index (χ0) is 15.1. The van der Waals surface area contributed by atoms with Crippen molar-refractivity contribution in [3.8, 4) is 0 Å².